The number of nitrogens with zero attached hydrogens (tertiary/aromatic N) is 1. The van der Waals surface area contributed by atoms with Gasteiger partial charge in [-0.2, -0.15) is 0 Å². The Morgan fingerprint density at radius 1 is 1.15 bits per heavy atom. The predicted octanol–water partition coefficient (Wildman–Crippen LogP) is 3.45. The summed E-state index contributed by atoms with van der Waals surface area (Å²) >= 11 is 1.21. The molecule has 3 rings (SSSR count). The van der Waals surface area contributed by atoms with Crippen molar-refractivity contribution in [2.75, 3.05) is 13.1 Å². The van der Waals surface area contributed by atoms with Gasteiger partial charge in [0.15, 0.2) is 0 Å². The van der Waals surface area contributed by atoms with E-state index in [1.807, 2.05) is 24.3 Å². The quantitative estimate of drug-likeness (QED) is 0.847. The highest BCUT2D eigenvalue weighted by Gasteiger charge is 2.27. The van der Waals surface area contributed by atoms with Gasteiger partial charge in [-0.25, -0.2) is 13.1 Å². The molecule has 1 aromatic carbocycles. The Labute approximate surface area is 159 Å². The molecule has 5 nitrogen and oxygen atoms in total. The largest absolute Gasteiger partial charge is 0.339 e. The maximum Gasteiger partial charge on any atom is 0.253 e. The summed E-state index contributed by atoms with van der Waals surface area (Å²) in [4.78, 5) is 14.5. The van der Waals surface area contributed by atoms with Crippen molar-refractivity contribution in [1.82, 2.24) is 9.62 Å². The molecule has 1 aliphatic heterocycles. The molecule has 1 saturated heterocycles. The zero-order chi connectivity index (χ0) is 18.7. The first-order valence-corrected chi connectivity index (χ1v) is 11.2. The summed E-state index contributed by atoms with van der Waals surface area (Å²) in [6, 6.07) is 11.0. The van der Waals surface area contributed by atoms with Crippen molar-refractivity contribution < 1.29 is 13.2 Å². The summed E-state index contributed by atoms with van der Waals surface area (Å²) in [5, 5.41) is 1.75. The lowest BCUT2D eigenvalue weighted by atomic mass is 10.0. The summed E-state index contributed by atoms with van der Waals surface area (Å²) in [7, 11) is -3.45. The van der Waals surface area contributed by atoms with Crippen molar-refractivity contribution in [1.29, 1.82) is 0 Å². The maximum atomic E-state index is 12.6. The topological polar surface area (TPSA) is 66.5 Å². The molecule has 0 atom stereocenters. The summed E-state index contributed by atoms with van der Waals surface area (Å²) < 4.78 is 27.7. The van der Waals surface area contributed by atoms with Crippen LogP contribution in [0.1, 0.15) is 48.5 Å². The van der Waals surface area contributed by atoms with Crippen molar-refractivity contribution in [3.63, 3.8) is 0 Å². The molecule has 26 heavy (non-hydrogen) atoms. The Balaban J connectivity index is 1.57. The third kappa shape index (κ3) is 4.34. The van der Waals surface area contributed by atoms with Crippen LogP contribution in [0, 0.1) is 0 Å². The van der Waals surface area contributed by atoms with Gasteiger partial charge in [-0.15, -0.1) is 11.3 Å². The molecule has 1 fully saturated rings. The van der Waals surface area contributed by atoms with Gasteiger partial charge in [-0.05, 0) is 47.9 Å². The van der Waals surface area contributed by atoms with Gasteiger partial charge in [0.05, 0.1) is 0 Å². The molecule has 2 aromatic rings. The number of hydrogen-bond acceptors (Lipinski definition) is 4. The number of rotatable bonds is 5. The van der Waals surface area contributed by atoms with E-state index in [2.05, 4.69) is 18.6 Å². The first kappa shape index (κ1) is 19.1. The first-order chi connectivity index (χ1) is 12.4. The van der Waals surface area contributed by atoms with Gasteiger partial charge in [0.1, 0.15) is 4.21 Å². The van der Waals surface area contributed by atoms with E-state index in [1.165, 1.54) is 16.9 Å². The number of hydrogen-bond donors (Lipinski definition) is 1. The molecule has 1 aliphatic rings. The van der Waals surface area contributed by atoms with E-state index in [1.54, 1.807) is 22.4 Å². The van der Waals surface area contributed by atoms with Crippen LogP contribution in [0.5, 0.6) is 0 Å². The number of amides is 1. The first-order valence-electron chi connectivity index (χ1n) is 8.82. The molecular formula is C19H24N2O3S2. The van der Waals surface area contributed by atoms with Gasteiger partial charge in [0.2, 0.25) is 10.0 Å². The van der Waals surface area contributed by atoms with Crippen molar-refractivity contribution in [2.24, 2.45) is 0 Å². The Hall–Kier alpha value is -1.70. The number of thiophene rings is 1. The second-order valence-corrected chi connectivity index (χ2v) is 9.79. The molecule has 0 saturated carbocycles. The van der Waals surface area contributed by atoms with Crippen molar-refractivity contribution in [3.8, 4) is 0 Å². The minimum atomic E-state index is -3.45. The minimum Gasteiger partial charge on any atom is -0.339 e. The average molecular weight is 393 g/mol. The number of benzene rings is 1. The number of sulfonamides is 1. The molecule has 1 amide bonds. The number of nitrogens with one attached hydrogen (secondary N) is 1. The maximum absolute atomic E-state index is 12.6. The summed E-state index contributed by atoms with van der Waals surface area (Å²) in [6.07, 6.45) is 1.25. The van der Waals surface area contributed by atoms with Gasteiger partial charge >= 0.3 is 0 Å². The van der Waals surface area contributed by atoms with Crippen molar-refractivity contribution in [3.05, 3.63) is 52.9 Å². The second-order valence-electron chi connectivity index (χ2n) is 6.90. The Bertz CT molecular complexity index is 835. The van der Waals surface area contributed by atoms with E-state index in [-0.39, 0.29) is 11.9 Å². The van der Waals surface area contributed by atoms with E-state index < -0.39 is 10.0 Å². The highest BCUT2D eigenvalue weighted by atomic mass is 32.2. The lowest BCUT2D eigenvalue weighted by Gasteiger charge is -2.32. The van der Waals surface area contributed by atoms with Crippen LogP contribution in [0.25, 0.3) is 0 Å². The van der Waals surface area contributed by atoms with Crippen LogP contribution in [0.2, 0.25) is 0 Å². The van der Waals surface area contributed by atoms with Crippen LogP contribution in [0.15, 0.2) is 46.0 Å². The molecule has 0 spiro atoms. The smallest absolute Gasteiger partial charge is 0.253 e. The summed E-state index contributed by atoms with van der Waals surface area (Å²) in [5.74, 6) is 0.450. The fourth-order valence-electron chi connectivity index (χ4n) is 3.09. The second kappa shape index (κ2) is 7.90. The standard InChI is InChI=1S/C19H24N2O3S2/c1-14(2)15-5-7-16(8-6-15)19(22)21-11-9-17(10-12-21)20-26(23,24)18-4-3-13-25-18/h3-8,13-14,17,20H,9-12H2,1-2H3. The lowest BCUT2D eigenvalue weighted by molar-refractivity contribution is 0.0711. The molecule has 140 valence electrons. The van der Waals surface area contributed by atoms with Gasteiger partial charge in [0.25, 0.3) is 5.91 Å². The molecule has 0 aliphatic carbocycles. The Kier molecular flexibility index (Phi) is 5.79. The van der Waals surface area contributed by atoms with Crippen LogP contribution in [-0.4, -0.2) is 38.4 Å². The molecular weight excluding hydrogens is 368 g/mol. The number of carbonyl (C=O) groups is 1. The molecule has 7 heteroatoms. The summed E-state index contributed by atoms with van der Waals surface area (Å²) in [6.45, 7) is 5.36. The number of likely N-dealkylation sites (tertiary alicyclic amines) is 1. The Morgan fingerprint density at radius 2 is 1.81 bits per heavy atom. The SMILES string of the molecule is CC(C)c1ccc(C(=O)N2CCC(NS(=O)(=O)c3cccs3)CC2)cc1. The highest BCUT2D eigenvalue weighted by Crippen LogP contribution is 2.20. The molecule has 2 heterocycles. The molecule has 1 aromatic heterocycles. The normalized spacial score (nSPS) is 16.2. The van der Waals surface area contributed by atoms with Gasteiger partial charge in [-0.3, -0.25) is 4.79 Å². The van der Waals surface area contributed by atoms with E-state index in [0.717, 1.165) is 0 Å². The average Bonchev–Trinajstić information content (AvgIpc) is 3.17. The van der Waals surface area contributed by atoms with Crippen LogP contribution in [-0.2, 0) is 10.0 Å². The lowest BCUT2D eigenvalue weighted by Crippen LogP contribution is -2.46. The number of carbonyl (C=O) groups excluding carboxylic acids is 1. The minimum absolute atomic E-state index is 0.0138. The Morgan fingerprint density at radius 3 is 2.35 bits per heavy atom. The van der Waals surface area contributed by atoms with Crippen LogP contribution in [0.3, 0.4) is 0 Å². The number of piperidine rings is 1. The molecule has 1 N–H and O–H groups in total. The van der Waals surface area contributed by atoms with Crippen LogP contribution in [0.4, 0.5) is 0 Å². The van der Waals surface area contributed by atoms with E-state index in [9.17, 15) is 13.2 Å². The third-order valence-electron chi connectivity index (χ3n) is 4.69. The van der Waals surface area contributed by atoms with E-state index in [0.29, 0.717) is 41.6 Å². The molecule has 0 unspecified atom stereocenters. The monoisotopic (exact) mass is 392 g/mol. The van der Waals surface area contributed by atoms with Gasteiger partial charge in [0, 0.05) is 24.7 Å². The zero-order valence-corrected chi connectivity index (χ0v) is 16.6. The van der Waals surface area contributed by atoms with E-state index in [4.69, 9.17) is 0 Å². The molecule has 0 radical (unpaired) electrons. The van der Waals surface area contributed by atoms with Crippen molar-refractivity contribution >= 4 is 27.3 Å². The molecule has 0 bridgehead atoms. The van der Waals surface area contributed by atoms with Crippen molar-refractivity contribution in [2.45, 2.75) is 42.9 Å². The fourth-order valence-corrected chi connectivity index (χ4v) is 5.40. The van der Waals surface area contributed by atoms with Crippen LogP contribution < -0.4 is 4.72 Å². The predicted molar refractivity (Wildman–Crippen MR) is 104 cm³/mol. The van der Waals surface area contributed by atoms with E-state index >= 15 is 0 Å². The van der Waals surface area contributed by atoms with Crippen LogP contribution >= 0.6 is 11.3 Å². The summed E-state index contributed by atoms with van der Waals surface area (Å²) in [5.41, 5.74) is 1.90. The highest BCUT2D eigenvalue weighted by molar-refractivity contribution is 7.91. The zero-order valence-electron chi connectivity index (χ0n) is 15.0. The fraction of sp³-hybridized carbons (Fsp3) is 0.421. The van der Waals surface area contributed by atoms with Gasteiger partial charge in [-0.1, -0.05) is 32.0 Å². The third-order valence-corrected chi connectivity index (χ3v) is 7.61. The van der Waals surface area contributed by atoms with Gasteiger partial charge < -0.3 is 4.90 Å².